The van der Waals surface area contributed by atoms with E-state index in [-0.39, 0.29) is 12.1 Å². The maximum atomic E-state index is 9.50. The van der Waals surface area contributed by atoms with E-state index in [9.17, 15) is 5.26 Å². The summed E-state index contributed by atoms with van der Waals surface area (Å²) in [5.41, 5.74) is 5.31. The first-order valence-electron chi connectivity index (χ1n) is 9.76. The Morgan fingerprint density at radius 3 is 2.93 bits per heavy atom. The Balaban J connectivity index is 1.69. The molecular weight excluding hydrogens is 402 g/mol. The van der Waals surface area contributed by atoms with Crippen LogP contribution in [0.5, 0.6) is 5.75 Å². The third kappa shape index (κ3) is 4.02. The van der Waals surface area contributed by atoms with E-state index < -0.39 is 0 Å². The molecule has 0 bridgehead atoms. The number of nitrogens with one attached hydrogen (secondary N) is 1. The molecule has 0 fully saturated rings. The number of aromatic nitrogens is 1. The van der Waals surface area contributed by atoms with Crippen LogP contribution < -0.4 is 9.57 Å². The lowest BCUT2D eigenvalue weighted by Crippen LogP contribution is -2.18. The average Bonchev–Trinajstić information content (AvgIpc) is 3.22. The van der Waals surface area contributed by atoms with Gasteiger partial charge in [-0.1, -0.05) is 18.2 Å². The molecule has 1 aliphatic carbocycles. The third-order valence-electron chi connectivity index (χ3n) is 5.12. The van der Waals surface area contributed by atoms with Crippen molar-refractivity contribution in [2.75, 3.05) is 0 Å². The molecule has 1 atom stereocenters. The fraction of sp³-hybridized carbons (Fsp3) is 0.304. The van der Waals surface area contributed by atoms with Crippen LogP contribution in [0.2, 0.25) is 0 Å². The van der Waals surface area contributed by atoms with Crippen LogP contribution in [0.1, 0.15) is 49.4 Å². The van der Waals surface area contributed by atoms with Crippen LogP contribution >= 0.6 is 23.1 Å². The highest BCUT2D eigenvalue weighted by atomic mass is 35.5. The topological polar surface area (TPSA) is 57.9 Å². The highest BCUT2D eigenvalue weighted by Crippen LogP contribution is 2.40. The van der Waals surface area contributed by atoms with Crippen molar-refractivity contribution < 1.29 is 4.74 Å². The van der Waals surface area contributed by atoms with Crippen molar-refractivity contribution in [3.8, 4) is 32.8 Å². The number of fused-ring (bicyclic) bond motifs is 1. The van der Waals surface area contributed by atoms with Crippen molar-refractivity contribution in [1.82, 2.24) is 9.82 Å². The van der Waals surface area contributed by atoms with Gasteiger partial charge in [-0.25, -0.2) is 9.82 Å². The molecule has 6 heteroatoms. The van der Waals surface area contributed by atoms with E-state index in [1.165, 1.54) is 16.7 Å². The number of thiazole rings is 1. The van der Waals surface area contributed by atoms with Gasteiger partial charge < -0.3 is 4.74 Å². The predicted molar refractivity (Wildman–Crippen MR) is 118 cm³/mol. The second kappa shape index (κ2) is 8.54. The zero-order valence-corrected chi connectivity index (χ0v) is 18.0. The Morgan fingerprint density at radius 2 is 2.17 bits per heavy atom. The Morgan fingerprint density at radius 1 is 1.31 bits per heavy atom. The molecule has 0 amide bonds. The summed E-state index contributed by atoms with van der Waals surface area (Å²) in [5.74, 6) is 0.611. The lowest BCUT2D eigenvalue weighted by molar-refractivity contribution is 0.242. The van der Waals surface area contributed by atoms with Gasteiger partial charge in [-0.05, 0) is 79.8 Å². The molecule has 1 N–H and O–H groups in total. The molecule has 0 unspecified atom stereocenters. The third-order valence-corrected chi connectivity index (χ3v) is 6.46. The summed E-state index contributed by atoms with van der Waals surface area (Å²) in [6.07, 6.45) is 5.17. The summed E-state index contributed by atoms with van der Waals surface area (Å²) in [6.45, 7) is 3.90. The molecule has 3 aromatic rings. The summed E-state index contributed by atoms with van der Waals surface area (Å²) >= 11 is 7.61. The van der Waals surface area contributed by atoms with Crippen molar-refractivity contribution in [1.29, 1.82) is 5.26 Å². The molecule has 0 aliphatic heterocycles. The Bertz CT molecular complexity index is 1070. The van der Waals surface area contributed by atoms with E-state index in [1.54, 1.807) is 11.3 Å². The summed E-state index contributed by atoms with van der Waals surface area (Å²) in [4.78, 5) is 8.69. The Hall–Kier alpha value is -2.39. The van der Waals surface area contributed by atoms with Gasteiger partial charge >= 0.3 is 0 Å². The van der Waals surface area contributed by atoms with Gasteiger partial charge in [0.05, 0.1) is 16.5 Å². The first kappa shape index (κ1) is 19.9. The van der Waals surface area contributed by atoms with Crippen molar-refractivity contribution in [3.05, 3.63) is 59.3 Å². The standard InChI is InChI=1S/C23H22ClN3OS/c1-14(2)28-21-10-9-15(11-16(21)12-25)23-26-13-22(29-23)19-7-3-6-18-17(19)5-4-8-20(18)27-24/h3,6-7,9-11,13-14,20,27H,4-5,8H2,1-2H3/t20-/m1/s1. The van der Waals surface area contributed by atoms with Crippen LogP contribution in [-0.2, 0) is 6.42 Å². The molecule has 0 saturated heterocycles. The molecule has 1 aromatic heterocycles. The monoisotopic (exact) mass is 423 g/mol. The average molecular weight is 424 g/mol. The minimum atomic E-state index is 0.0231. The molecule has 29 heavy (non-hydrogen) atoms. The van der Waals surface area contributed by atoms with E-state index in [1.807, 2.05) is 38.2 Å². The van der Waals surface area contributed by atoms with Crippen LogP contribution in [0.4, 0.5) is 0 Å². The van der Waals surface area contributed by atoms with Gasteiger partial charge in [0.2, 0.25) is 0 Å². The van der Waals surface area contributed by atoms with E-state index in [0.29, 0.717) is 11.3 Å². The van der Waals surface area contributed by atoms with E-state index in [4.69, 9.17) is 16.5 Å². The van der Waals surface area contributed by atoms with Crippen LogP contribution in [-0.4, -0.2) is 11.1 Å². The normalized spacial score (nSPS) is 15.8. The summed E-state index contributed by atoms with van der Waals surface area (Å²) < 4.78 is 5.73. The highest BCUT2D eigenvalue weighted by molar-refractivity contribution is 7.18. The van der Waals surface area contributed by atoms with Crippen molar-refractivity contribution in [3.63, 3.8) is 0 Å². The number of rotatable bonds is 5. The smallest absolute Gasteiger partial charge is 0.137 e. The van der Waals surface area contributed by atoms with Crippen LogP contribution in [0.25, 0.3) is 21.0 Å². The quantitative estimate of drug-likeness (QED) is 0.492. The van der Waals surface area contributed by atoms with Gasteiger partial charge in [-0.2, -0.15) is 5.26 Å². The maximum absolute atomic E-state index is 9.50. The fourth-order valence-electron chi connectivity index (χ4n) is 3.83. The summed E-state index contributed by atoms with van der Waals surface area (Å²) in [5, 5.41) is 10.4. The highest BCUT2D eigenvalue weighted by Gasteiger charge is 2.23. The predicted octanol–water partition coefficient (Wildman–Crippen LogP) is 6.26. The fourth-order valence-corrected chi connectivity index (χ4v) is 5.02. The zero-order chi connectivity index (χ0) is 20.4. The van der Waals surface area contributed by atoms with Crippen LogP contribution in [0.3, 0.4) is 0 Å². The number of halogens is 1. The van der Waals surface area contributed by atoms with Gasteiger partial charge in [0, 0.05) is 17.8 Å². The van der Waals surface area contributed by atoms with Crippen LogP contribution in [0.15, 0.2) is 42.6 Å². The molecule has 1 aliphatic rings. The molecule has 148 valence electrons. The number of hydrogen-bond acceptors (Lipinski definition) is 5. The van der Waals surface area contributed by atoms with Crippen LogP contribution in [0, 0.1) is 11.3 Å². The number of nitrogens with zero attached hydrogens (tertiary/aromatic N) is 2. The lowest BCUT2D eigenvalue weighted by Gasteiger charge is -2.25. The van der Waals surface area contributed by atoms with Gasteiger partial charge in [0.15, 0.2) is 0 Å². The second-order valence-electron chi connectivity index (χ2n) is 7.45. The molecule has 1 heterocycles. The molecule has 0 saturated carbocycles. The molecule has 4 rings (SSSR count). The minimum Gasteiger partial charge on any atom is -0.490 e. The summed E-state index contributed by atoms with van der Waals surface area (Å²) in [7, 11) is 0. The van der Waals surface area contributed by atoms with E-state index in [0.717, 1.165) is 34.7 Å². The van der Waals surface area contributed by atoms with Crippen molar-refractivity contribution in [2.45, 2.75) is 45.3 Å². The molecule has 2 aromatic carbocycles. The molecular formula is C23H22ClN3OS. The van der Waals surface area contributed by atoms with E-state index in [2.05, 4.69) is 34.1 Å². The lowest BCUT2D eigenvalue weighted by atomic mass is 9.85. The van der Waals surface area contributed by atoms with Gasteiger partial charge in [-0.15, -0.1) is 11.3 Å². The summed E-state index contributed by atoms with van der Waals surface area (Å²) in [6, 6.07) is 14.5. The van der Waals surface area contributed by atoms with Gasteiger partial charge in [0.1, 0.15) is 16.8 Å². The zero-order valence-electron chi connectivity index (χ0n) is 16.4. The Labute approximate surface area is 180 Å². The SMILES string of the molecule is CC(C)Oc1ccc(-c2ncc(-c3cccc4c3CCC[C@H]4NCl)s2)cc1C#N. The van der Waals surface area contributed by atoms with Gasteiger partial charge in [0.25, 0.3) is 0 Å². The second-order valence-corrected chi connectivity index (χ2v) is 8.70. The maximum Gasteiger partial charge on any atom is 0.137 e. The van der Waals surface area contributed by atoms with E-state index >= 15 is 0 Å². The largest absolute Gasteiger partial charge is 0.490 e. The number of nitriles is 1. The van der Waals surface area contributed by atoms with Crippen molar-refractivity contribution in [2.24, 2.45) is 0 Å². The minimum absolute atomic E-state index is 0.0231. The number of ether oxygens (including phenoxy) is 1. The van der Waals surface area contributed by atoms with Gasteiger partial charge in [-0.3, -0.25) is 0 Å². The molecule has 4 nitrogen and oxygen atoms in total. The first-order valence-corrected chi connectivity index (χ1v) is 11.0. The molecule has 0 spiro atoms. The number of hydrogen-bond donors (Lipinski definition) is 1. The Kier molecular flexibility index (Phi) is 5.86. The number of benzene rings is 2. The first-order chi connectivity index (χ1) is 14.1. The van der Waals surface area contributed by atoms with Crippen molar-refractivity contribution >= 4 is 23.1 Å². The molecule has 0 radical (unpaired) electrons.